The summed E-state index contributed by atoms with van der Waals surface area (Å²) in [4.78, 5) is 0. The molecule has 0 aliphatic carbocycles. The van der Waals surface area contributed by atoms with Gasteiger partial charge in [-0.15, -0.1) is 0 Å². The molecule has 0 N–H and O–H groups in total. The summed E-state index contributed by atoms with van der Waals surface area (Å²) in [6, 6.07) is 2.05. The average Bonchev–Trinajstić information content (AvgIpc) is 2.52. The van der Waals surface area contributed by atoms with Crippen LogP contribution in [0.1, 0.15) is 12.5 Å². The number of hydrogen-bond donors (Lipinski definition) is 0. The lowest BCUT2D eigenvalue weighted by atomic mass is 10.4. The molecule has 0 aliphatic heterocycles. The number of hydrazone groups is 1. The van der Waals surface area contributed by atoms with Crippen molar-refractivity contribution in [1.82, 2.24) is 5.01 Å². The van der Waals surface area contributed by atoms with E-state index in [4.69, 9.17) is 0 Å². The van der Waals surface area contributed by atoms with Gasteiger partial charge in [-0.05, 0) is 23.8 Å². The molecule has 11 heavy (non-hydrogen) atoms. The smallest absolute Gasteiger partial charge is 0.0551 e. The predicted molar refractivity (Wildman–Crippen MR) is 50.2 cm³/mol. The van der Waals surface area contributed by atoms with E-state index in [9.17, 15) is 0 Å². The van der Waals surface area contributed by atoms with Gasteiger partial charge in [-0.1, -0.05) is 0 Å². The SMILES string of the molecule is CCN(C)/N=C/c1ccsc1. The summed E-state index contributed by atoms with van der Waals surface area (Å²) in [6.45, 7) is 3.02. The van der Waals surface area contributed by atoms with Crippen molar-refractivity contribution in [3.05, 3.63) is 22.4 Å². The van der Waals surface area contributed by atoms with Gasteiger partial charge in [-0.3, -0.25) is 0 Å². The van der Waals surface area contributed by atoms with Gasteiger partial charge in [0.05, 0.1) is 6.21 Å². The summed E-state index contributed by atoms with van der Waals surface area (Å²) >= 11 is 1.69. The molecule has 1 heterocycles. The van der Waals surface area contributed by atoms with Gasteiger partial charge < -0.3 is 5.01 Å². The van der Waals surface area contributed by atoms with Gasteiger partial charge >= 0.3 is 0 Å². The fourth-order valence-corrected chi connectivity index (χ4v) is 1.21. The second-order valence-electron chi connectivity index (χ2n) is 2.28. The third-order valence-corrected chi connectivity index (χ3v) is 2.11. The maximum Gasteiger partial charge on any atom is 0.0551 e. The van der Waals surface area contributed by atoms with E-state index in [1.54, 1.807) is 11.3 Å². The van der Waals surface area contributed by atoms with Crippen LogP contribution in [0.2, 0.25) is 0 Å². The average molecular weight is 168 g/mol. The van der Waals surface area contributed by atoms with Crippen molar-refractivity contribution in [2.75, 3.05) is 13.6 Å². The Morgan fingerprint density at radius 2 is 2.55 bits per heavy atom. The van der Waals surface area contributed by atoms with E-state index >= 15 is 0 Å². The quantitative estimate of drug-likeness (QED) is 0.498. The molecule has 0 aliphatic rings. The highest BCUT2D eigenvalue weighted by molar-refractivity contribution is 7.08. The molecular weight excluding hydrogens is 156 g/mol. The van der Waals surface area contributed by atoms with Crippen LogP contribution in [0.3, 0.4) is 0 Å². The van der Waals surface area contributed by atoms with Crippen LogP contribution in [0.15, 0.2) is 21.9 Å². The minimum Gasteiger partial charge on any atom is -0.300 e. The van der Waals surface area contributed by atoms with Crippen molar-refractivity contribution in [3.8, 4) is 0 Å². The normalized spacial score (nSPS) is 10.7. The molecule has 2 nitrogen and oxygen atoms in total. The summed E-state index contributed by atoms with van der Waals surface area (Å²) in [5, 5.41) is 10.2. The summed E-state index contributed by atoms with van der Waals surface area (Å²) in [7, 11) is 1.96. The third-order valence-electron chi connectivity index (χ3n) is 1.40. The van der Waals surface area contributed by atoms with Crippen LogP contribution in [-0.2, 0) is 0 Å². The Labute approximate surface area is 71.2 Å². The Balaban J connectivity index is 2.48. The zero-order chi connectivity index (χ0) is 8.10. The Morgan fingerprint density at radius 3 is 3.09 bits per heavy atom. The van der Waals surface area contributed by atoms with Crippen molar-refractivity contribution in [3.63, 3.8) is 0 Å². The van der Waals surface area contributed by atoms with E-state index in [-0.39, 0.29) is 0 Å². The summed E-state index contributed by atoms with van der Waals surface area (Å²) < 4.78 is 0. The Bertz CT molecular complexity index is 216. The molecule has 0 amide bonds. The van der Waals surface area contributed by atoms with Crippen LogP contribution in [-0.4, -0.2) is 24.8 Å². The second-order valence-corrected chi connectivity index (χ2v) is 3.06. The molecule has 0 unspecified atom stereocenters. The van der Waals surface area contributed by atoms with E-state index in [0.29, 0.717) is 0 Å². The van der Waals surface area contributed by atoms with Crippen molar-refractivity contribution >= 4 is 17.6 Å². The van der Waals surface area contributed by atoms with E-state index in [1.807, 2.05) is 23.7 Å². The fourth-order valence-electron chi connectivity index (χ4n) is 0.595. The molecule has 0 radical (unpaired) electrons. The Hall–Kier alpha value is -0.830. The van der Waals surface area contributed by atoms with Crippen LogP contribution in [0.4, 0.5) is 0 Å². The van der Waals surface area contributed by atoms with Gasteiger partial charge in [0, 0.05) is 19.2 Å². The lowest BCUT2D eigenvalue weighted by Gasteiger charge is -2.06. The van der Waals surface area contributed by atoms with E-state index in [0.717, 1.165) is 6.54 Å². The van der Waals surface area contributed by atoms with Crippen LogP contribution in [0.25, 0.3) is 0 Å². The van der Waals surface area contributed by atoms with Crippen LogP contribution < -0.4 is 0 Å². The first-order chi connectivity index (χ1) is 5.33. The van der Waals surface area contributed by atoms with Crippen molar-refractivity contribution in [2.24, 2.45) is 5.10 Å². The maximum absolute atomic E-state index is 4.20. The predicted octanol–water partition coefficient (Wildman–Crippen LogP) is 2.03. The molecule has 0 aromatic carbocycles. The first-order valence-electron chi connectivity index (χ1n) is 3.60. The molecular formula is C8H12N2S. The summed E-state index contributed by atoms with van der Waals surface area (Å²) in [5.74, 6) is 0. The van der Waals surface area contributed by atoms with E-state index < -0.39 is 0 Å². The number of hydrogen-bond acceptors (Lipinski definition) is 3. The number of nitrogens with zero attached hydrogens (tertiary/aromatic N) is 2. The van der Waals surface area contributed by atoms with Gasteiger partial charge in [0.25, 0.3) is 0 Å². The van der Waals surface area contributed by atoms with Crippen molar-refractivity contribution in [2.45, 2.75) is 6.92 Å². The van der Waals surface area contributed by atoms with Gasteiger partial charge in [0.1, 0.15) is 0 Å². The van der Waals surface area contributed by atoms with Crippen LogP contribution >= 0.6 is 11.3 Å². The van der Waals surface area contributed by atoms with Gasteiger partial charge in [-0.25, -0.2) is 0 Å². The zero-order valence-corrected chi connectivity index (χ0v) is 7.64. The highest BCUT2D eigenvalue weighted by atomic mass is 32.1. The molecule has 60 valence electrons. The van der Waals surface area contributed by atoms with Crippen molar-refractivity contribution < 1.29 is 0 Å². The highest BCUT2D eigenvalue weighted by Gasteiger charge is 1.87. The van der Waals surface area contributed by atoms with Gasteiger partial charge in [0.15, 0.2) is 0 Å². The minimum absolute atomic E-state index is 0.945. The van der Waals surface area contributed by atoms with Crippen LogP contribution in [0, 0.1) is 0 Å². The highest BCUT2D eigenvalue weighted by Crippen LogP contribution is 2.02. The summed E-state index contributed by atoms with van der Waals surface area (Å²) in [6.07, 6.45) is 1.88. The zero-order valence-electron chi connectivity index (χ0n) is 6.82. The molecule has 0 atom stereocenters. The molecule has 3 heteroatoms. The third kappa shape index (κ3) is 2.72. The van der Waals surface area contributed by atoms with Crippen molar-refractivity contribution in [1.29, 1.82) is 0 Å². The molecule has 0 spiro atoms. The first kappa shape index (κ1) is 8.27. The Kier molecular flexibility index (Phi) is 3.11. The summed E-state index contributed by atoms with van der Waals surface area (Å²) in [5.41, 5.74) is 1.18. The molecule has 0 fully saturated rings. The Morgan fingerprint density at radius 1 is 1.73 bits per heavy atom. The standard InChI is InChI=1S/C8H12N2S/c1-3-10(2)9-6-8-4-5-11-7-8/h4-7H,3H2,1-2H3/b9-6+. The molecule has 0 saturated heterocycles. The molecule has 1 aromatic heterocycles. The fraction of sp³-hybridized carbons (Fsp3) is 0.375. The van der Waals surface area contributed by atoms with Crippen LogP contribution in [0.5, 0.6) is 0 Å². The lowest BCUT2D eigenvalue weighted by molar-refractivity contribution is 0.377. The molecule has 0 saturated carbocycles. The van der Waals surface area contributed by atoms with E-state index in [1.165, 1.54) is 5.56 Å². The number of rotatable bonds is 3. The van der Waals surface area contributed by atoms with Gasteiger partial charge in [-0.2, -0.15) is 16.4 Å². The minimum atomic E-state index is 0.945. The first-order valence-corrected chi connectivity index (χ1v) is 4.54. The largest absolute Gasteiger partial charge is 0.300 e. The second kappa shape index (κ2) is 4.13. The molecule has 0 bridgehead atoms. The monoisotopic (exact) mass is 168 g/mol. The molecule has 1 rings (SSSR count). The topological polar surface area (TPSA) is 15.6 Å². The molecule has 1 aromatic rings. The van der Waals surface area contributed by atoms with Gasteiger partial charge in [0.2, 0.25) is 0 Å². The van der Waals surface area contributed by atoms with E-state index in [2.05, 4.69) is 23.5 Å². The lowest BCUT2D eigenvalue weighted by Crippen LogP contribution is -2.09. The number of thiophene rings is 1. The maximum atomic E-state index is 4.20.